The quantitative estimate of drug-likeness (QED) is 0.547. The van der Waals surface area contributed by atoms with Crippen molar-refractivity contribution in [3.05, 3.63) is 58.1 Å². The summed E-state index contributed by atoms with van der Waals surface area (Å²) in [5.74, 6) is 0. The fourth-order valence-electron chi connectivity index (χ4n) is 2.57. The first-order valence-electron chi connectivity index (χ1n) is 9.40. The van der Waals surface area contributed by atoms with Gasteiger partial charge in [-0.25, -0.2) is 13.2 Å². The lowest BCUT2D eigenvalue weighted by molar-refractivity contribution is 0.141. The van der Waals surface area contributed by atoms with Gasteiger partial charge in [0.2, 0.25) is 0 Å². The van der Waals surface area contributed by atoms with Crippen LogP contribution < -0.4 is 9.62 Å². The van der Waals surface area contributed by atoms with Crippen molar-refractivity contribution in [3.63, 3.8) is 0 Å². The number of terminal acetylenes is 1. The summed E-state index contributed by atoms with van der Waals surface area (Å²) in [6.07, 6.45) is 7.33. The average Bonchev–Trinajstić information content (AvgIpc) is 2.71. The first-order chi connectivity index (χ1) is 14.9. The lowest BCUT2D eigenvalue weighted by Crippen LogP contribution is -2.42. The van der Waals surface area contributed by atoms with Crippen molar-refractivity contribution in [2.75, 3.05) is 17.5 Å². The molecule has 2 aromatic carbocycles. The second-order valence-corrected chi connectivity index (χ2v) is 10.2. The van der Waals surface area contributed by atoms with Crippen LogP contribution >= 0.6 is 23.2 Å². The van der Waals surface area contributed by atoms with Crippen LogP contribution in [0.3, 0.4) is 0 Å². The third-order valence-corrected chi connectivity index (χ3v) is 6.21. The molecule has 0 atom stereocenters. The van der Waals surface area contributed by atoms with E-state index in [1.54, 1.807) is 26.8 Å². The molecule has 2 N–H and O–H groups in total. The Balaban J connectivity index is 0.00000249. The van der Waals surface area contributed by atoms with Crippen LogP contribution in [0.1, 0.15) is 26.3 Å². The maximum absolute atomic E-state index is 13.3. The highest BCUT2D eigenvalue weighted by Crippen LogP contribution is 2.30. The van der Waals surface area contributed by atoms with Gasteiger partial charge in [0.05, 0.1) is 23.7 Å². The van der Waals surface area contributed by atoms with Gasteiger partial charge in [-0.1, -0.05) is 29.3 Å². The Morgan fingerprint density at radius 2 is 1.66 bits per heavy atom. The maximum atomic E-state index is 13.3. The van der Waals surface area contributed by atoms with E-state index in [2.05, 4.69) is 18.2 Å². The molecule has 0 bridgehead atoms. The second kappa shape index (κ2) is 12.0. The molecule has 0 saturated carbocycles. The van der Waals surface area contributed by atoms with Crippen LogP contribution in [-0.4, -0.2) is 38.3 Å². The Kier molecular flexibility index (Phi) is 10.3. The topological polar surface area (TPSA) is 95.9 Å². The SMILES string of the molecule is C#C.CC(C)(C)NC(=O)OCCN(c1cc(Cl)ccc1CO)S(=O)(=O)c1ccc(Cl)cc1. The first-order valence-corrected chi connectivity index (χ1v) is 11.6. The number of aliphatic hydroxyl groups is 1. The third kappa shape index (κ3) is 7.92. The minimum absolute atomic E-state index is 0.00471. The van der Waals surface area contributed by atoms with Crippen molar-refractivity contribution in [3.8, 4) is 12.8 Å². The molecule has 0 fully saturated rings. The zero-order valence-electron chi connectivity index (χ0n) is 18.0. The number of anilines is 1. The van der Waals surface area contributed by atoms with Crippen LogP contribution in [0.25, 0.3) is 0 Å². The van der Waals surface area contributed by atoms with Gasteiger partial charge in [0.15, 0.2) is 0 Å². The number of hydrogen-bond donors (Lipinski definition) is 2. The summed E-state index contributed by atoms with van der Waals surface area (Å²) >= 11 is 12.0. The summed E-state index contributed by atoms with van der Waals surface area (Å²) < 4.78 is 32.9. The van der Waals surface area contributed by atoms with Crippen LogP contribution in [0.2, 0.25) is 10.0 Å². The van der Waals surface area contributed by atoms with Crippen LogP contribution in [0.15, 0.2) is 47.4 Å². The van der Waals surface area contributed by atoms with Gasteiger partial charge in [-0.05, 0) is 57.2 Å². The van der Waals surface area contributed by atoms with E-state index in [0.717, 1.165) is 4.31 Å². The molecule has 0 unspecified atom stereocenters. The number of alkyl carbamates (subject to hydrolysis) is 1. The molecule has 0 aliphatic rings. The molecule has 0 aliphatic heterocycles. The summed E-state index contributed by atoms with van der Waals surface area (Å²) in [6, 6.07) is 10.2. The molecule has 0 spiro atoms. The van der Waals surface area contributed by atoms with Gasteiger partial charge in [-0.3, -0.25) is 4.31 Å². The van der Waals surface area contributed by atoms with Crippen molar-refractivity contribution in [2.45, 2.75) is 37.8 Å². The molecule has 174 valence electrons. The highest BCUT2D eigenvalue weighted by atomic mass is 35.5. The van der Waals surface area contributed by atoms with Crippen LogP contribution in [-0.2, 0) is 21.4 Å². The van der Waals surface area contributed by atoms with Gasteiger partial charge in [-0.2, -0.15) is 0 Å². The number of carbonyl (C=O) groups excluding carboxylic acids is 1. The number of nitrogens with one attached hydrogen (secondary N) is 1. The second-order valence-electron chi connectivity index (χ2n) is 7.47. The summed E-state index contributed by atoms with van der Waals surface area (Å²) in [4.78, 5) is 11.9. The Morgan fingerprint density at radius 1 is 1.09 bits per heavy atom. The van der Waals surface area contributed by atoms with Gasteiger partial charge < -0.3 is 15.2 Å². The van der Waals surface area contributed by atoms with E-state index in [-0.39, 0.29) is 23.7 Å². The summed E-state index contributed by atoms with van der Waals surface area (Å²) in [6.45, 7) is 4.59. The predicted octanol–water partition coefficient (Wildman–Crippen LogP) is 4.46. The summed E-state index contributed by atoms with van der Waals surface area (Å²) in [5.41, 5.74) is 0.0549. The van der Waals surface area contributed by atoms with Crippen LogP contribution in [0.4, 0.5) is 10.5 Å². The zero-order chi connectivity index (χ0) is 24.5. The molecule has 0 radical (unpaired) electrons. The van der Waals surface area contributed by atoms with Gasteiger partial charge in [0.25, 0.3) is 10.0 Å². The largest absolute Gasteiger partial charge is 0.448 e. The number of hydrogen-bond acceptors (Lipinski definition) is 5. The van der Waals surface area contributed by atoms with Gasteiger partial charge >= 0.3 is 6.09 Å². The Bertz CT molecular complexity index is 1030. The number of rotatable bonds is 7. The molecule has 10 heteroatoms. The predicted molar refractivity (Wildman–Crippen MR) is 127 cm³/mol. The lowest BCUT2D eigenvalue weighted by atomic mass is 10.1. The zero-order valence-corrected chi connectivity index (χ0v) is 20.3. The molecule has 1 amide bonds. The molecule has 2 aromatic rings. The highest BCUT2D eigenvalue weighted by Gasteiger charge is 2.27. The van der Waals surface area contributed by atoms with E-state index in [1.807, 2.05) is 0 Å². The van der Waals surface area contributed by atoms with Gasteiger partial charge in [-0.15, -0.1) is 12.8 Å². The van der Waals surface area contributed by atoms with Gasteiger partial charge in [0.1, 0.15) is 6.61 Å². The number of sulfonamides is 1. The molecule has 0 saturated heterocycles. The van der Waals surface area contributed by atoms with E-state index >= 15 is 0 Å². The minimum atomic E-state index is -4.06. The van der Waals surface area contributed by atoms with Crippen molar-refractivity contribution in [2.24, 2.45) is 0 Å². The van der Waals surface area contributed by atoms with E-state index < -0.39 is 28.3 Å². The minimum Gasteiger partial charge on any atom is -0.448 e. The lowest BCUT2D eigenvalue weighted by Gasteiger charge is -2.27. The first kappa shape index (κ1) is 27.6. The van der Waals surface area contributed by atoms with E-state index in [4.69, 9.17) is 27.9 Å². The molecule has 2 rings (SSSR count). The van der Waals surface area contributed by atoms with Crippen molar-refractivity contribution < 1.29 is 23.1 Å². The van der Waals surface area contributed by atoms with E-state index in [9.17, 15) is 18.3 Å². The van der Waals surface area contributed by atoms with Crippen LogP contribution in [0.5, 0.6) is 0 Å². The van der Waals surface area contributed by atoms with E-state index in [0.29, 0.717) is 15.6 Å². The number of benzene rings is 2. The maximum Gasteiger partial charge on any atom is 0.407 e. The molecule has 0 aromatic heterocycles. The Hall–Kier alpha value is -2.44. The number of amides is 1. The average molecular weight is 501 g/mol. The molecule has 0 aliphatic carbocycles. The molecule has 32 heavy (non-hydrogen) atoms. The monoisotopic (exact) mass is 500 g/mol. The number of nitrogens with zero attached hydrogens (tertiary/aromatic N) is 1. The Labute approximate surface area is 199 Å². The third-order valence-electron chi connectivity index (χ3n) is 3.89. The van der Waals surface area contributed by atoms with E-state index in [1.165, 1.54) is 36.4 Å². The van der Waals surface area contributed by atoms with Crippen LogP contribution in [0, 0.1) is 12.8 Å². The standard InChI is InChI=1S/C20H24Cl2N2O5S.C2H2/c1-20(2,3)23-19(26)29-11-10-24(18-12-16(22)5-4-14(18)13-25)30(27,28)17-8-6-15(21)7-9-17;1-2/h4-9,12,25H,10-11,13H2,1-3H3,(H,23,26);1-2H. The highest BCUT2D eigenvalue weighted by molar-refractivity contribution is 7.92. The Morgan fingerprint density at radius 3 is 2.19 bits per heavy atom. The molecular weight excluding hydrogens is 475 g/mol. The number of halogens is 2. The number of ether oxygens (including phenoxy) is 1. The molecule has 7 nitrogen and oxygen atoms in total. The number of carbonyl (C=O) groups is 1. The molecular formula is C22H26Cl2N2O5S. The smallest absolute Gasteiger partial charge is 0.407 e. The van der Waals surface area contributed by atoms with Crippen molar-refractivity contribution in [1.82, 2.24) is 5.32 Å². The summed E-state index contributed by atoms with van der Waals surface area (Å²) in [7, 11) is -4.06. The number of aliphatic hydroxyl groups excluding tert-OH is 1. The normalized spacial score (nSPS) is 11.1. The summed E-state index contributed by atoms with van der Waals surface area (Å²) in [5, 5.41) is 13.0. The van der Waals surface area contributed by atoms with Crippen molar-refractivity contribution in [1.29, 1.82) is 0 Å². The fourth-order valence-corrected chi connectivity index (χ4v) is 4.34. The fraction of sp³-hybridized carbons (Fsp3) is 0.318. The van der Waals surface area contributed by atoms with Crippen molar-refractivity contribution >= 4 is 45.0 Å². The molecule has 0 heterocycles. The van der Waals surface area contributed by atoms with Gasteiger partial charge in [0, 0.05) is 21.1 Å².